The molecule has 6 rings (SSSR count). The van der Waals surface area contributed by atoms with Crippen molar-refractivity contribution in [2.45, 2.75) is 19.8 Å². The molecule has 0 aliphatic rings. The van der Waals surface area contributed by atoms with E-state index in [0.717, 1.165) is 45.4 Å². The summed E-state index contributed by atoms with van der Waals surface area (Å²) in [5.41, 5.74) is 7.46. The first-order valence-electron chi connectivity index (χ1n) is 10.3. The van der Waals surface area contributed by atoms with E-state index in [0.29, 0.717) is 6.42 Å². The summed E-state index contributed by atoms with van der Waals surface area (Å²) >= 11 is 0. The Morgan fingerprint density at radius 2 is 1.84 bits per heavy atom. The van der Waals surface area contributed by atoms with Crippen LogP contribution in [-0.2, 0) is 12.8 Å². The molecule has 6 heteroatoms. The molecule has 6 aromatic rings. The van der Waals surface area contributed by atoms with Crippen LogP contribution in [0.5, 0.6) is 0 Å². The molecule has 0 fully saturated rings. The number of aromatic nitrogens is 6. The van der Waals surface area contributed by atoms with Crippen LogP contribution in [0.2, 0.25) is 0 Å². The van der Waals surface area contributed by atoms with E-state index in [1.165, 1.54) is 16.5 Å². The molecule has 1 aromatic carbocycles. The van der Waals surface area contributed by atoms with Crippen LogP contribution >= 0.6 is 0 Å². The van der Waals surface area contributed by atoms with Crippen molar-refractivity contribution in [3.05, 3.63) is 102 Å². The maximum absolute atomic E-state index is 4.67. The second-order valence-electron chi connectivity index (χ2n) is 7.90. The lowest BCUT2D eigenvalue weighted by molar-refractivity contribution is 0.988. The lowest BCUT2D eigenvalue weighted by atomic mass is 10.00. The predicted molar refractivity (Wildman–Crippen MR) is 121 cm³/mol. The summed E-state index contributed by atoms with van der Waals surface area (Å²) in [6, 6.07) is 14.9. The van der Waals surface area contributed by atoms with E-state index < -0.39 is 0 Å². The van der Waals surface area contributed by atoms with Crippen LogP contribution in [0.15, 0.2) is 73.4 Å². The first kappa shape index (κ1) is 17.8. The fourth-order valence-electron chi connectivity index (χ4n) is 4.27. The van der Waals surface area contributed by atoms with E-state index in [2.05, 4.69) is 65.9 Å². The van der Waals surface area contributed by atoms with Crippen molar-refractivity contribution in [2.24, 2.45) is 0 Å². The minimum absolute atomic E-state index is 0.662. The minimum atomic E-state index is 0.662. The molecule has 150 valence electrons. The third kappa shape index (κ3) is 3.13. The smallest absolute Gasteiger partial charge is 0.140 e. The Bertz CT molecular complexity index is 1560. The molecule has 5 heterocycles. The summed E-state index contributed by atoms with van der Waals surface area (Å²) in [6.45, 7) is 1.98. The van der Waals surface area contributed by atoms with Crippen LogP contribution in [0.4, 0.5) is 0 Å². The number of hydrogen-bond acceptors (Lipinski definition) is 4. The number of aromatic amines is 1. The average Bonchev–Trinajstić information content (AvgIpc) is 3.41. The van der Waals surface area contributed by atoms with E-state index in [9.17, 15) is 0 Å². The zero-order valence-corrected chi connectivity index (χ0v) is 17.1. The SMILES string of the molecule is Cc1cc2[nH]nc(Cc3nccc4cc(Cc5cccn6ccnc56)ccc34)c2cn1. The normalized spacial score (nSPS) is 11.6. The number of rotatable bonds is 4. The highest BCUT2D eigenvalue weighted by Crippen LogP contribution is 2.25. The summed E-state index contributed by atoms with van der Waals surface area (Å²) in [5.74, 6) is 0. The van der Waals surface area contributed by atoms with Gasteiger partial charge in [-0.05, 0) is 41.6 Å². The van der Waals surface area contributed by atoms with Gasteiger partial charge in [0, 0.05) is 60.3 Å². The van der Waals surface area contributed by atoms with Crippen molar-refractivity contribution >= 4 is 27.3 Å². The van der Waals surface area contributed by atoms with Crippen molar-refractivity contribution in [1.29, 1.82) is 0 Å². The quantitative estimate of drug-likeness (QED) is 0.464. The Labute approximate surface area is 178 Å². The van der Waals surface area contributed by atoms with E-state index in [1.54, 1.807) is 0 Å². The van der Waals surface area contributed by atoms with Crippen molar-refractivity contribution in [3.8, 4) is 0 Å². The number of aryl methyl sites for hydroxylation is 1. The Morgan fingerprint density at radius 3 is 2.81 bits per heavy atom. The number of nitrogens with one attached hydrogen (secondary N) is 1. The van der Waals surface area contributed by atoms with Gasteiger partial charge >= 0.3 is 0 Å². The third-order valence-electron chi connectivity index (χ3n) is 5.80. The van der Waals surface area contributed by atoms with Gasteiger partial charge in [0.15, 0.2) is 0 Å². The molecule has 6 nitrogen and oxygen atoms in total. The van der Waals surface area contributed by atoms with Gasteiger partial charge in [-0.25, -0.2) is 4.98 Å². The maximum Gasteiger partial charge on any atom is 0.140 e. The van der Waals surface area contributed by atoms with E-state index in [-0.39, 0.29) is 0 Å². The second-order valence-corrected chi connectivity index (χ2v) is 7.90. The molecule has 5 aromatic heterocycles. The van der Waals surface area contributed by atoms with Gasteiger partial charge in [0.05, 0.1) is 16.9 Å². The number of imidazole rings is 1. The Morgan fingerprint density at radius 1 is 0.871 bits per heavy atom. The second kappa shape index (κ2) is 7.02. The highest BCUT2D eigenvalue weighted by atomic mass is 15.1. The van der Waals surface area contributed by atoms with Gasteiger partial charge in [0.1, 0.15) is 5.65 Å². The molecule has 31 heavy (non-hydrogen) atoms. The molecular weight excluding hydrogens is 384 g/mol. The van der Waals surface area contributed by atoms with Gasteiger partial charge in [-0.15, -0.1) is 0 Å². The molecule has 0 saturated carbocycles. The van der Waals surface area contributed by atoms with Crippen LogP contribution in [-0.4, -0.2) is 29.5 Å². The fourth-order valence-corrected chi connectivity index (χ4v) is 4.27. The lowest BCUT2D eigenvalue weighted by Crippen LogP contribution is -1.97. The molecule has 0 radical (unpaired) electrons. The summed E-state index contributed by atoms with van der Waals surface area (Å²) in [7, 11) is 0. The van der Waals surface area contributed by atoms with Crippen molar-refractivity contribution in [3.63, 3.8) is 0 Å². The largest absolute Gasteiger partial charge is 0.307 e. The van der Waals surface area contributed by atoms with Crippen LogP contribution in [0.25, 0.3) is 27.3 Å². The Hall–Kier alpha value is -4.06. The average molecular weight is 404 g/mol. The molecule has 0 saturated heterocycles. The van der Waals surface area contributed by atoms with Gasteiger partial charge < -0.3 is 4.40 Å². The molecule has 0 aliphatic carbocycles. The van der Waals surface area contributed by atoms with Crippen LogP contribution in [0, 0.1) is 6.92 Å². The summed E-state index contributed by atoms with van der Waals surface area (Å²) in [6.07, 6.45) is 11.1. The van der Waals surface area contributed by atoms with E-state index in [4.69, 9.17) is 0 Å². The molecular formula is C25H20N6. The summed E-state index contributed by atoms with van der Waals surface area (Å²) in [4.78, 5) is 13.6. The van der Waals surface area contributed by atoms with Crippen LogP contribution in [0.1, 0.15) is 28.2 Å². The minimum Gasteiger partial charge on any atom is -0.307 e. The molecule has 1 N–H and O–H groups in total. The monoisotopic (exact) mass is 404 g/mol. The zero-order valence-electron chi connectivity index (χ0n) is 17.1. The topological polar surface area (TPSA) is 71.8 Å². The zero-order chi connectivity index (χ0) is 20.8. The number of hydrogen-bond donors (Lipinski definition) is 1. The summed E-state index contributed by atoms with van der Waals surface area (Å²) < 4.78 is 2.06. The molecule has 0 amide bonds. The molecule has 0 unspecified atom stereocenters. The number of H-pyrrole nitrogens is 1. The van der Waals surface area contributed by atoms with Gasteiger partial charge in [-0.1, -0.05) is 24.3 Å². The number of fused-ring (bicyclic) bond motifs is 3. The van der Waals surface area contributed by atoms with Gasteiger partial charge in [-0.2, -0.15) is 5.10 Å². The fraction of sp³-hybridized carbons (Fsp3) is 0.120. The molecule has 0 bridgehead atoms. The number of pyridine rings is 3. The Balaban J connectivity index is 1.35. The molecule has 0 atom stereocenters. The highest BCUT2D eigenvalue weighted by Gasteiger charge is 2.11. The van der Waals surface area contributed by atoms with Gasteiger partial charge in [0.25, 0.3) is 0 Å². The van der Waals surface area contributed by atoms with E-state index in [1.807, 2.05) is 44.0 Å². The van der Waals surface area contributed by atoms with Gasteiger partial charge in [0.2, 0.25) is 0 Å². The van der Waals surface area contributed by atoms with Crippen molar-refractivity contribution in [2.75, 3.05) is 0 Å². The standard InChI is InChI=1S/C25H20N6/c1-16-11-23-21(15-28-16)24(30-29-23)14-22-20-5-4-17(12-18(20)6-7-26-22)13-19-3-2-9-31-10-8-27-25(19)31/h2-12,15H,13-14H2,1H3,(H,29,30). The van der Waals surface area contributed by atoms with Crippen molar-refractivity contribution < 1.29 is 0 Å². The molecule has 0 spiro atoms. The third-order valence-corrected chi connectivity index (χ3v) is 5.80. The summed E-state index contributed by atoms with van der Waals surface area (Å²) in [5, 5.41) is 11.0. The number of nitrogens with zero attached hydrogens (tertiary/aromatic N) is 5. The van der Waals surface area contributed by atoms with Crippen LogP contribution in [0.3, 0.4) is 0 Å². The molecule has 0 aliphatic heterocycles. The lowest BCUT2D eigenvalue weighted by Gasteiger charge is -2.08. The van der Waals surface area contributed by atoms with Gasteiger partial charge in [-0.3, -0.25) is 15.1 Å². The number of benzene rings is 1. The van der Waals surface area contributed by atoms with E-state index >= 15 is 0 Å². The Kier molecular flexibility index (Phi) is 4.02. The first-order chi connectivity index (χ1) is 15.2. The predicted octanol–water partition coefficient (Wildman–Crippen LogP) is 4.64. The first-order valence-corrected chi connectivity index (χ1v) is 10.3. The van der Waals surface area contributed by atoms with Crippen molar-refractivity contribution in [1.82, 2.24) is 29.5 Å². The highest BCUT2D eigenvalue weighted by molar-refractivity contribution is 5.86. The van der Waals surface area contributed by atoms with Crippen LogP contribution < -0.4 is 0 Å². The maximum atomic E-state index is 4.67.